The average Bonchev–Trinajstić information content (AvgIpc) is 3.19. The quantitative estimate of drug-likeness (QED) is 0.557. The molecule has 3 aromatic heterocycles. The number of hydrogen-bond acceptors (Lipinski definition) is 5. The molecule has 6 heteroatoms. The fraction of sp³-hybridized carbons (Fsp3) is 0.261. The summed E-state index contributed by atoms with van der Waals surface area (Å²) < 4.78 is 1.89. The molecule has 0 atom stereocenters. The van der Waals surface area contributed by atoms with Gasteiger partial charge in [-0.15, -0.1) is 0 Å². The van der Waals surface area contributed by atoms with Crippen molar-refractivity contribution >= 4 is 17.0 Å². The third-order valence-corrected chi connectivity index (χ3v) is 5.52. The number of pyridine rings is 2. The van der Waals surface area contributed by atoms with Gasteiger partial charge in [0.2, 0.25) is 0 Å². The molecule has 1 N–H and O–H groups in total. The molecular formula is C23H24N6. The molecule has 0 radical (unpaired) electrons. The smallest absolute Gasteiger partial charge is 0.155 e. The number of anilines is 2. The molecule has 4 aromatic rings. The maximum atomic E-state index is 4.79. The summed E-state index contributed by atoms with van der Waals surface area (Å²) in [7, 11) is 0. The summed E-state index contributed by atoms with van der Waals surface area (Å²) in [5.74, 6) is 1.39. The van der Waals surface area contributed by atoms with Crippen LogP contribution in [0.5, 0.6) is 0 Å². The molecule has 6 nitrogen and oxygen atoms in total. The summed E-state index contributed by atoms with van der Waals surface area (Å²) >= 11 is 0. The highest BCUT2D eigenvalue weighted by molar-refractivity contribution is 5.60. The fourth-order valence-electron chi connectivity index (χ4n) is 3.93. The van der Waals surface area contributed by atoms with Crippen molar-refractivity contribution in [2.75, 3.05) is 18.4 Å². The van der Waals surface area contributed by atoms with Gasteiger partial charge in [0.25, 0.3) is 0 Å². The average molecular weight is 384 g/mol. The van der Waals surface area contributed by atoms with Crippen molar-refractivity contribution in [1.82, 2.24) is 24.5 Å². The predicted octanol–water partition coefficient (Wildman–Crippen LogP) is 4.25. The summed E-state index contributed by atoms with van der Waals surface area (Å²) in [6, 6.07) is 18.4. The number of hydrogen-bond donors (Lipinski definition) is 1. The van der Waals surface area contributed by atoms with Crippen LogP contribution >= 0.6 is 0 Å². The largest absolute Gasteiger partial charge is 0.354 e. The Labute approximate surface area is 170 Å². The molecule has 1 saturated heterocycles. The number of rotatable bonds is 5. The van der Waals surface area contributed by atoms with E-state index >= 15 is 0 Å². The van der Waals surface area contributed by atoms with Crippen LogP contribution in [0.1, 0.15) is 30.1 Å². The number of likely N-dealkylation sites (tertiary alicyclic amines) is 1. The van der Waals surface area contributed by atoms with Crippen LogP contribution in [0, 0.1) is 0 Å². The lowest BCUT2D eigenvalue weighted by Gasteiger charge is -2.30. The summed E-state index contributed by atoms with van der Waals surface area (Å²) in [6.07, 6.45) is 7.93. The minimum atomic E-state index is 0.425. The number of nitrogens with zero attached hydrogens (tertiary/aromatic N) is 5. The SMILES string of the molecule is c1ccc(Nc2ccc3nc(C4CCN(Cc5ccncc5)CC4)nn3c2)cc1. The van der Waals surface area contributed by atoms with Crippen molar-refractivity contribution in [2.24, 2.45) is 0 Å². The van der Waals surface area contributed by atoms with Crippen molar-refractivity contribution in [3.63, 3.8) is 0 Å². The molecule has 1 aliphatic heterocycles. The van der Waals surface area contributed by atoms with Crippen LogP contribution in [-0.2, 0) is 6.54 Å². The van der Waals surface area contributed by atoms with E-state index in [1.807, 2.05) is 47.4 Å². The van der Waals surface area contributed by atoms with Gasteiger partial charge in [-0.3, -0.25) is 9.88 Å². The summed E-state index contributed by atoms with van der Waals surface area (Å²) in [6.45, 7) is 3.13. The van der Waals surface area contributed by atoms with E-state index in [0.717, 1.165) is 55.3 Å². The number of para-hydroxylation sites is 1. The van der Waals surface area contributed by atoms with Gasteiger partial charge in [0.1, 0.15) is 0 Å². The topological polar surface area (TPSA) is 58.4 Å². The number of piperidine rings is 1. The Balaban J connectivity index is 1.25. The van der Waals surface area contributed by atoms with Gasteiger partial charge in [0.15, 0.2) is 11.5 Å². The van der Waals surface area contributed by atoms with Crippen LogP contribution in [0.2, 0.25) is 0 Å². The highest BCUT2D eigenvalue weighted by Gasteiger charge is 2.24. The Morgan fingerprint density at radius 1 is 0.897 bits per heavy atom. The molecule has 0 amide bonds. The minimum absolute atomic E-state index is 0.425. The zero-order valence-electron chi connectivity index (χ0n) is 16.3. The van der Waals surface area contributed by atoms with Crippen molar-refractivity contribution in [1.29, 1.82) is 0 Å². The highest BCUT2D eigenvalue weighted by atomic mass is 15.3. The summed E-state index contributed by atoms with van der Waals surface area (Å²) in [4.78, 5) is 11.4. The normalized spacial score (nSPS) is 15.6. The molecule has 146 valence electrons. The summed E-state index contributed by atoms with van der Waals surface area (Å²) in [5.41, 5.74) is 4.29. The van der Waals surface area contributed by atoms with Gasteiger partial charge in [-0.05, 0) is 67.9 Å². The number of nitrogens with one attached hydrogen (secondary N) is 1. The first-order chi connectivity index (χ1) is 14.3. The highest BCUT2D eigenvalue weighted by Crippen LogP contribution is 2.27. The van der Waals surface area contributed by atoms with E-state index in [9.17, 15) is 0 Å². The lowest BCUT2D eigenvalue weighted by atomic mass is 9.96. The van der Waals surface area contributed by atoms with E-state index in [-0.39, 0.29) is 0 Å². The van der Waals surface area contributed by atoms with Crippen molar-refractivity contribution in [3.8, 4) is 0 Å². The van der Waals surface area contributed by atoms with Gasteiger partial charge in [-0.2, -0.15) is 5.10 Å². The number of fused-ring (bicyclic) bond motifs is 1. The zero-order chi connectivity index (χ0) is 19.5. The number of aromatic nitrogens is 4. The Kier molecular flexibility index (Phi) is 4.92. The first kappa shape index (κ1) is 17.8. The van der Waals surface area contributed by atoms with Gasteiger partial charge >= 0.3 is 0 Å². The lowest BCUT2D eigenvalue weighted by Crippen LogP contribution is -2.32. The van der Waals surface area contributed by atoms with Gasteiger partial charge < -0.3 is 5.32 Å². The standard InChI is InChI=1S/C23H24N6/c1-2-4-20(5-3-1)25-21-6-7-22-26-23(27-29(22)17-21)19-10-14-28(15-11-19)16-18-8-12-24-13-9-18/h1-9,12-13,17,19,25H,10-11,14-16H2. The van der Waals surface area contributed by atoms with Crippen molar-refractivity contribution < 1.29 is 0 Å². The van der Waals surface area contributed by atoms with Crippen molar-refractivity contribution in [3.05, 3.63) is 84.6 Å². The van der Waals surface area contributed by atoms with Crippen LogP contribution in [0.3, 0.4) is 0 Å². The second-order valence-electron chi connectivity index (χ2n) is 7.59. The maximum absolute atomic E-state index is 4.79. The second kappa shape index (κ2) is 8.01. The van der Waals surface area contributed by atoms with E-state index in [4.69, 9.17) is 10.1 Å². The Hall–Kier alpha value is -3.25. The molecule has 0 aliphatic carbocycles. The molecule has 29 heavy (non-hydrogen) atoms. The van der Waals surface area contributed by atoms with Crippen molar-refractivity contribution in [2.45, 2.75) is 25.3 Å². The molecule has 1 aliphatic rings. The molecule has 1 aromatic carbocycles. The minimum Gasteiger partial charge on any atom is -0.354 e. The molecule has 1 fully saturated rings. The Morgan fingerprint density at radius 2 is 1.69 bits per heavy atom. The van der Waals surface area contributed by atoms with E-state index in [0.29, 0.717) is 5.92 Å². The molecular weight excluding hydrogens is 360 g/mol. The third kappa shape index (κ3) is 4.12. The van der Waals surface area contributed by atoms with E-state index < -0.39 is 0 Å². The van der Waals surface area contributed by atoms with Gasteiger partial charge in [0, 0.05) is 30.5 Å². The molecule has 0 bridgehead atoms. The zero-order valence-corrected chi connectivity index (χ0v) is 16.3. The lowest BCUT2D eigenvalue weighted by molar-refractivity contribution is 0.202. The van der Waals surface area contributed by atoms with Gasteiger partial charge in [0.05, 0.1) is 11.9 Å². The summed E-state index contributed by atoms with van der Waals surface area (Å²) in [5, 5.41) is 8.20. The molecule has 0 unspecified atom stereocenters. The Morgan fingerprint density at radius 3 is 2.48 bits per heavy atom. The van der Waals surface area contributed by atoms with Gasteiger partial charge in [-0.25, -0.2) is 9.50 Å². The first-order valence-corrected chi connectivity index (χ1v) is 10.1. The molecule has 5 rings (SSSR count). The second-order valence-corrected chi connectivity index (χ2v) is 7.59. The van der Waals surface area contributed by atoms with Gasteiger partial charge in [-0.1, -0.05) is 18.2 Å². The van der Waals surface area contributed by atoms with E-state index in [1.54, 1.807) is 0 Å². The molecule has 4 heterocycles. The monoisotopic (exact) mass is 384 g/mol. The van der Waals surface area contributed by atoms with Crippen LogP contribution in [0.4, 0.5) is 11.4 Å². The third-order valence-electron chi connectivity index (χ3n) is 5.52. The predicted molar refractivity (Wildman–Crippen MR) is 114 cm³/mol. The molecule has 0 saturated carbocycles. The molecule has 0 spiro atoms. The van der Waals surface area contributed by atoms with Crippen LogP contribution in [0.15, 0.2) is 73.2 Å². The van der Waals surface area contributed by atoms with E-state index in [1.165, 1.54) is 5.56 Å². The van der Waals surface area contributed by atoms with E-state index in [2.05, 4.69) is 45.5 Å². The van der Waals surface area contributed by atoms with Crippen LogP contribution in [0.25, 0.3) is 5.65 Å². The first-order valence-electron chi connectivity index (χ1n) is 10.1. The van der Waals surface area contributed by atoms with Crippen LogP contribution in [-0.4, -0.2) is 37.6 Å². The van der Waals surface area contributed by atoms with Crippen LogP contribution < -0.4 is 5.32 Å². The fourth-order valence-corrected chi connectivity index (χ4v) is 3.93. The maximum Gasteiger partial charge on any atom is 0.155 e. The Bertz CT molecular complexity index is 1070. The number of benzene rings is 1.